The van der Waals surface area contributed by atoms with E-state index in [1.807, 2.05) is 6.26 Å². The Hall–Kier alpha value is -2.87. The van der Waals surface area contributed by atoms with Crippen molar-refractivity contribution in [1.29, 1.82) is 0 Å². The summed E-state index contributed by atoms with van der Waals surface area (Å²) in [6.45, 7) is 1.22. The lowest BCUT2D eigenvalue weighted by Gasteiger charge is -2.24. The van der Waals surface area contributed by atoms with E-state index in [0.717, 1.165) is 0 Å². The predicted octanol–water partition coefficient (Wildman–Crippen LogP) is -2.84. The van der Waals surface area contributed by atoms with Crippen molar-refractivity contribution in [2.45, 2.75) is 63.2 Å². The Kier molecular flexibility index (Phi) is 13.7. The van der Waals surface area contributed by atoms with Crippen molar-refractivity contribution in [3.05, 3.63) is 0 Å². The van der Waals surface area contributed by atoms with E-state index in [4.69, 9.17) is 22.3 Å². The summed E-state index contributed by atoms with van der Waals surface area (Å²) in [7, 11) is 0. The van der Waals surface area contributed by atoms with Gasteiger partial charge in [-0.05, 0) is 38.2 Å². The highest BCUT2D eigenvalue weighted by Gasteiger charge is 2.29. The van der Waals surface area contributed by atoms with E-state index >= 15 is 0 Å². The third kappa shape index (κ3) is 12.1. The summed E-state index contributed by atoms with van der Waals surface area (Å²) in [6.07, 6.45) is 1.34. The molecule has 0 radical (unpaired) electrons. The number of hydrogen-bond donors (Lipinski definition) is 7. The number of thioether (sulfide) groups is 1. The van der Waals surface area contributed by atoms with Gasteiger partial charge in [0, 0.05) is 12.8 Å². The van der Waals surface area contributed by atoms with Crippen LogP contribution < -0.4 is 33.2 Å². The first kappa shape index (κ1) is 29.1. The largest absolute Gasteiger partial charge is 0.480 e. The molecular weight excluding hydrogens is 444 g/mol. The molecule has 182 valence electrons. The first-order valence-electron chi connectivity index (χ1n) is 9.84. The summed E-state index contributed by atoms with van der Waals surface area (Å²) in [5, 5.41) is 15.9. The molecule has 4 unspecified atom stereocenters. The van der Waals surface area contributed by atoms with E-state index in [1.165, 1.54) is 18.7 Å². The SMILES string of the molecule is CSCCC(N)C(=O)NC(CCC(N)=O)C(=O)NC(CCC(N)=O)C(=O)NC(C)C(=O)O. The summed E-state index contributed by atoms with van der Waals surface area (Å²) in [6, 6.07) is -4.70. The summed E-state index contributed by atoms with van der Waals surface area (Å²) in [5.74, 6) is -4.44. The molecule has 0 aliphatic rings. The normalized spacial score (nSPS) is 14.3. The molecular formula is C18H32N6O7S. The molecule has 0 bridgehead atoms. The van der Waals surface area contributed by atoms with Crippen LogP contribution in [0.25, 0.3) is 0 Å². The summed E-state index contributed by atoms with van der Waals surface area (Å²) in [5.41, 5.74) is 16.0. The van der Waals surface area contributed by atoms with E-state index in [2.05, 4.69) is 16.0 Å². The minimum Gasteiger partial charge on any atom is -0.480 e. The molecule has 0 aliphatic carbocycles. The number of carbonyl (C=O) groups is 6. The van der Waals surface area contributed by atoms with E-state index in [0.29, 0.717) is 12.2 Å². The van der Waals surface area contributed by atoms with Crippen LogP contribution in [-0.2, 0) is 28.8 Å². The van der Waals surface area contributed by atoms with Crippen molar-refractivity contribution < 1.29 is 33.9 Å². The maximum Gasteiger partial charge on any atom is 0.325 e. The number of carbonyl (C=O) groups excluding carboxylic acids is 5. The van der Waals surface area contributed by atoms with Gasteiger partial charge in [0.05, 0.1) is 6.04 Å². The highest BCUT2D eigenvalue weighted by atomic mass is 32.2. The molecule has 0 rings (SSSR count). The number of primary amides is 2. The number of carboxylic acids is 1. The molecule has 5 amide bonds. The van der Waals surface area contributed by atoms with Gasteiger partial charge >= 0.3 is 5.97 Å². The van der Waals surface area contributed by atoms with E-state index in [1.54, 1.807) is 0 Å². The standard InChI is InChI=1S/C18H32N6O7S/c1-9(18(30)31)22-16(28)11(3-5-13(20)25)24-17(29)12(4-6-14(21)26)23-15(27)10(19)7-8-32-2/h9-12H,3-8,19H2,1-2H3,(H2,20,25)(H2,21,26)(H,22,28)(H,23,27)(H,24,29)(H,30,31). The van der Waals surface area contributed by atoms with Gasteiger partial charge in [-0.15, -0.1) is 0 Å². The van der Waals surface area contributed by atoms with Gasteiger partial charge in [0.25, 0.3) is 0 Å². The first-order valence-corrected chi connectivity index (χ1v) is 11.2. The summed E-state index contributed by atoms with van der Waals surface area (Å²) in [4.78, 5) is 70.8. The molecule has 0 heterocycles. The van der Waals surface area contributed by atoms with Gasteiger partial charge in [0.1, 0.15) is 18.1 Å². The van der Waals surface area contributed by atoms with Crippen molar-refractivity contribution in [2.75, 3.05) is 12.0 Å². The Morgan fingerprint density at radius 1 is 0.812 bits per heavy atom. The van der Waals surface area contributed by atoms with Crippen LogP contribution in [-0.4, -0.2) is 76.8 Å². The fourth-order valence-electron chi connectivity index (χ4n) is 2.41. The van der Waals surface area contributed by atoms with Crippen LogP contribution in [0.3, 0.4) is 0 Å². The highest BCUT2D eigenvalue weighted by molar-refractivity contribution is 7.98. The minimum absolute atomic E-state index is 0.155. The summed E-state index contributed by atoms with van der Waals surface area (Å²) >= 11 is 1.49. The van der Waals surface area contributed by atoms with Gasteiger partial charge in [-0.2, -0.15) is 11.8 Å². The van der Waals surface area contributed by atoms with Crippen LogP contribution in [0.15, 0.2) is 0 Å². The predicted molar refractivity (Wildman–Crippen MR) is 117 cm³/mol. The Balaban J connectivity index is 5.42. The van der Waals surface area contributed by atoms with Crippen molar-refractivity contribution in [2.24, 2.45) is 17.2 Å². The fourth-order valence-corrected chi connectivity index (χ4v) is 2.90. The Morgan fingerprint density at radius 2 is 1.25 bits per heavy atom. The lowest BCUT2D eigenvalue weighted by atomic mass is 10.1. The number of nitrogens with two attached hydrogens (primary N) is 3. The Labute approximate surface area is 189 Å². The second kappa shape index (κ2) is 15.0. The Bertz CT molecular complexity index is 705. The monoisotopic (exact) mass is 476 g/mol. The summed E-state index contributed by atoms with van der Waals surface area (Å²) < 4.78 is 0. The van der Waals surface area contributed by atoms with Crippen molar-refractivity contribution >= 4 is 47.3 Å². The Morgan fingerprint density at radius 3 is 1.66 bits per heavy atom. The third-order valence-corrected chi connectivity index (χ3v) is 4.97. The number of nitrogens with one attached hydrogen (secondary N) is 3. The van der Waals surface area contributed by atoms with Gasteiger partial charge in [-0.3, -0.25) is 28.8 Å². The molecule has 10 N–H and O–H groups in total. The number of aliphatic carboxylic acids is 1. The van der Waals surface area contributed by atoms with Crippen LogP contribution in [0.1, 0.15) is 39.0 Å². The first-order chi connectivity index (χ1) is 14.9. The molecule has 0 saturated carbocycles. The average Bonchev–Trinajstić information content (AvgIpc) is 2.71. The molecule has 0 saturated heterocycles. The van der Waals surface area contributed by atoms with Gasteiger partial charge in [-0.25, -0.2) is 0 Å². The molecule has 32 heavy (non-hydrogen) atoms. The number of hydrogen-bond acceptors (Lipinski definition) is 8. The van der Waals surface area contributed by atoms with Crippen molar-refractivity contribution in [3.8, 4) is 0 Å². The number of rotatable bonds is 16. The smallest absolute Gasteiger partial charge is 0.325 e. The van der Waals surface area contributed by atoms with Crippen LogP contribution in [0.4, 0.5) is 0 Å². The molecule has 4 atom stereocenters. The van der Waals surface area contributed by atoms with Gasteiger partial charge in [-0.1, -0.05) is 0 Å². The third-order valence-electron chi connectivity index (χ3n) is 4.32. The van der Waals surface area contributed by atoms with E-state index in [9.17, 15) is 28.8 Å². The second-order valence-corrected chi connectivity index (χ2v) is 8.07. The average molecular weight is 477 g/mol. The van der Waals surface area contributed by atoms with Crippen LogP contribution in [0.5, 0.6) is 0 Å². The van der Waals surface area contributed by atoms with Gasteiger partial charge < -0.3 is 38.3 Å². The molecule has 13 nitrogen and oxygen atoms in total. The number of carboxylic acid groups (broad SMARTS) is 1. The van der Waals surface area contributed by atoms with Crippen molar-refractivity contribution in [3.63, 3.8) is 0 Å². The van der Waals surface area contributed by atoms with Crippen LogP contribution in [0.2, 0.25) is 0 Å². The second-order valence-electron chi connectivity index (χ2n) is 7.09. The zero-order valence-electron chi connectivity index (χ0n) is 18.1. The molecule has 0 aromatic heterocycles. The minimum atomic E-state index is -1.31. The maximum atomic E-state index is 12.8. The van der Waals surface area contributed by atoms with Crippen molar-refractivity contribution in [1.82, 2.24) is 16.0 Å². The zero-order chi connectivity index (χ0) is 24.8. The van der Waals surface area contributed by atoms with E-state index < -0.39 is 59.7 Å². The molecule has 0 aliphatic heterocycles. The van der Waals surface area contributed by atoms with Crippen LogP contribution >= 0.6 is 11.8 Å². The van der Waals surface area contributed by atoms with Gasteiger partial charge in [0.15, 0.2) is 0 Å². The molecule has 0 spiro atoms. The molecule has 0 aromatic rings. The zero-order valence-corrected chi connectivity index (χ0v) is 18.9. The molecule has 0 fully saturated rings. The van der Waals surface area contributed by atoms with Crippen LogP contribution in [0, 0.1) is 0 Å². The number of amides is 5. The quantitative estimate of drug-likeness (QED) is 0.121. The fraction of sp³-hybridized carbons (Fsp3) is 0.667. The lowest BCUT2D eigenvalue weighted by molar-refractivity contribution is -0.142. The maximum absolute atomic E-state index is 12.8. The van der Waals surface area contributed by atoms with E-state index in [-0.39, 0.29) is 25.7 Å². The molecule has 14 heteroatoms. The topological polar surface area (TPSA) is 237 Å². The molecule has 0 aromatic carbocycles. The van der Waals surface area contributed by atoms with Gasteiger partial charge in [0.2, 0.25) is 29.5 Å². The highest BCUT2D eigenvalue weighted by Crippen LogP contribution is 2.05. The lowest BCUT2D eigenvalue weighted by Crippen LogP contribution is -2.57.